The van der Waals surface area contributed by atoms with Crippen LogP contribution in [-0.2, 0) is 18.4 Å². The van der Waals surface area contributed by atoms with Crippen LogP contribution in [0.2, 0.25) is 0 Å². The Morgan fingerprint density at radius 1 is 1.21 bits per heavy atom. The minimum Gasteiger partial charge on any atom is -0.494 e. The average Bonchev–Trinajstić information content (AvgIpc) is 3.25. The van der Waals surface area contributed by atoms with Crippen molar-refractivity contribution < 1.29 is 13.9 Å². The van der Waals surface area contributed by atoms with E-state index in [1.165, 1.54) is 24.2 Å². The average molecular weight is 380 g/mol. The molecule has 2 heterocycles. The number of para-hydroxylation sites is 1. The molecule has 142 valence electrons. The van der Waals surface area contributed by atoms with Gasteiger partial charge in [0.05, 0.1) is 18.8 Å². The highest BCUT2D eigenvalue weighted by Gasteiger charge is 2.16. The van der Waals surface area contributed by atoms with E-state index in [0.29, 0.717) is 17.1 Å². The van der Waals surface area contributed by atoms with Crippen molar-refractivity contribution in [3.8, 4) is 17.0 Å². The van der Waals surface area contributed by atoms with Crippen LogP contribution < -0.4 is 10.1 Å². The quantitative estimate of drug-likeness (QED) is 0.575. The lowest BCUT2D eigenvalue weighted by atomic mass is 10.1. The molecule has 0 radical (unpaired) electrons. The van der Waals surface area contributed by atoms with Crippen LogP contribution >= 0.6 is 0 Å². The lowest BCUT2D eigenvalue weighted by Crippen LogP contribution is -2.19. The van der Waals surface area contributed by atoms with Gasteiger partial charge in [-0.3, -0.25) is 9.48 Å². The Morgan fingerprint density at radius 2 is 2.04 bits per heavy atom. The normalized spacial score (nSPS) is 11.0. The van der Waals surface area contributed by atoms with Gasteiger partial charge in [0.15, 0.2) is 17.4 Å². The molecule has 0 bridgehead atoms. The Bertz CT molecular complexity index is 1170. The van der Waals surface area contributed by atoms with E-state index in [2.05, 4.69) is 20.6 Å². The Hall–Kier alpha value is -3.75. The van der Waals surface area contributed by atoms with Crippen LogP contribution in [0.1, 0.15) is 0 Å². The number of aromatic nitrogens is 5. The zero-order valence-electron chi connectivity index (χ0n) is 15.3. The van der Waals surface area contributed by atoms with Gasteiger partial charge in [-0.2, -0.15) is 15.0 Å². The minimum absolute atomic E-state index is 0.0181. The van der Waals surface area contributed by atoms with Crippen molar-refractivity contribution in [1.29, 1.82) is 0 Å². The molecule has 0 fully saturated rings. The van der Waals surface area contributed by atoms with Crippen LogP contribution in [0.15, 0.2) is 48.7 Å². The SMILES string of the molecule is COc1ccc(-c2nn(CC(=O)Nc3cnn(C)n3)c3ccccc23)cc1F. The Balaban J connectivity index is 1.68. The zero-order valence-corrected chi connectivity index (χ0v) is 15.3. The maximum Gasteiger partial charge on any atom is 0.247 e. The minimum atomic E-state index is -0.473. The molecule has 0 saturated heterocycles. The third-order valence-corrected chi connectivity index (χ3v) is 4.24. The molecule has 0 unspecified atom stereocenters. The Labute approximate surface area is 159 Å². The molecule has 8 nitrogen and oxygen atoms in total. The van der Waals surface area contributed by atoms with Gasteiger partial charge in [0.1, 0.15) is 12.2 Å². The van der Waals surface area contributed by atoms with Crippen LogP contribution in [0.25, 0.3) is 22.2 Å². The topological polar surface area (TPSA) is 86.9 Å². The number of nitrogens with one attached hydrogen (secondary N) is 1. The first-order chi connectivity index (χ1) is 13.5. The molecule has 0 aliphatic carbocycles. The first-order valence-electron chi connectivity index (χ1n) is 8.51. The van der Waals surface area contributed by atoms with Gasteiger partial charge >= 0.3 is 0 Å². The van der Waals surface area contributed by atoms with Crippen LogP contribution in [0.5, 0.6) is 5.75 Å². The summed E-state index contributed by atoms with van der Waals surface area (Å²) in [7, 11) is 3.08. The molecule has 9 heteroatoms. The molecule has 1 N–H and O–H groups in total. The molecular formula is C19H17FN6O2. The molecule has 4 rings (SSSR count). The van der Waals surface area contributed by atoms with Crippen molar-refractivity contribution in [3.05, 3.63) is 54.5 Å². The number of hydrogen-bond acceptors (Lipinski definition) is 5. The summed E-state index contributed by atoms with van der Waals surface area (Å²) in [6, 6.07) is 12.1. The van der Waals surface area contributed by atoms with E-state index in [4.69, 9.17) is 4.74 Å². The molecule has 2 aromatic carbocycles. The third-order valence-electron chi connectivity index (χ3n) is 4.24. The number of rotatable bonds is 5. The van der Waals surface area contributed by atoms with Crippen molar-refractivity contribution in [2.75, 3.05) is 12.4 Å². The molecule has 28 heavy (non-hydrogen) atoms. The van der Waals surface area contributed by atoms with Gasteiger partial charge in [0.2, 0.25) is 5.91 Å². The van der Waals surface area contributed by atoms with Crippen molar-refractivity contribution in [3.63, 3.8) is 0 Å². The highest BCUT2D eigenvalue weighted by molar-refractivity contribution is 5.95. The lowest BCUT2D eigenvalue weighted by Gasteiger charge is -2.04. The van der Waals surface area contributed by atoms with Crippen LogP contribution in [0, 0.1) is 5.82 Å². The van der Waals surface area contributed by atoms with E-state index < -0.39 is 5.82 Å². The predicted octanol–water partition coefficient (Wildman–Crippen LogP) is 2.62. The predicted molar refractivity (Wildman–Crippen MR) is 101 cm³/mol. The molecule has 0 atom stereocenters. The van der Waals surface area contributed by atoms with Gasteiger partial charge < -0.3 is 10.1 Å². The number of methoxy groups -OCH3 is 1. The summed E-state index contributed by atoms with van der Waals surface area (Å²) in [6.07, 6.45) is 1.46. The lowest BCUT2D eigenvalue weighted by molar-refractivity contribution is -0.116. The second-order valence-corrected chi connectivity index (χ2v) is 6.14. The number of nitrogens with zero attached hydrogens (tertiary/aromatic N) is 5. The fourth-order valence-electron chi connectivity index (χ4n) is 3.00. The fraction of sp³-hybridized carbons (Fsp3) is 0.158. The van der Waals surface area contributed by atoms with E-state index in [1.807, 2.05) is 24.3 Å². The molecule has 0 aliphatic heterocycles. The summed E-state index contributed by atoms with van der Waals surface area (Å²) < 4.78 is 20.7. The molecule has 0 aliphatic rings. The number of carbonyl (C=O) groups excluding carboxylic acids is 1. The van der Waals surface area contributed by atoms with E-state index in [9.17, 15) is 9.18 Å². The Morgan fingerprint density at radius 3 is 2.75 bits per heavy atom. The standard InChI is InChI=1S/C19H17FN6O2/c1-25-21-10-17(23-25)22-18(27)11-26-15-6-4-3-5-13(15)19(24-26)12-7-8-16(28-2)14(20)9-12/h3-10H,11H2,1-2H3,(H,22,23,27). The first kappa shape index (κ1) is 17.7. The van der Waals surface area contributed by atoms with Crippen molar-refractivity contribution in [2.24, 2.45) is 7.05 Å². The summed E-state index contributed by atoms with van der Waals surface area (Å²) in [5.74, 6) is -0.238. The van der Waals surface area contributed by atoms with Gasteiger partial charge in [0.25, 0.3) is 0 Å². The van der Waals surface area contributed by atoms with E-state index >= 15 is 0 Å². The van der Waals surface area contributed by atoms with E-state index in [1.54, 1.807) is 23.9 Å². The highest BCUT2D eigenvalue weighted by Crippen LogP contribution is 2.30. The molecule has 0 spiro atoms. The van der Waals surface area contributed by atoms with Crippen LogP contribution in [0.3, 0.4) is 0 Å². The number of carbonyl (C=O) groups is 1. The van der Waals surface area contributed by atoms with E-state index in [-0.39, 0.29) is 18.2 Å². The fourth-order valence-corrected chi connectivity index (χ4v) is 3.00. The van der Waals surface area contributed by atoms with Gasteiger partial charge in [-0.05, 0) is 24.3 Å². The van der Waals surface area contributed by atoms with Crippen LogP contribution in [0.4, 0.5) is 10.2 Å². The van der Waals surface area contributed by atoms with E-state index in [0.717, 1.165) is 10.9 Å². The smallest absolute Gasteiger partial charge is 0.247 e. The maximum absolute atomic E-state index is 14.2. The number of amides is 1. The maximum atomic E-state index is 14.2. The van der Waals surface area contributed by atoms with Gasteiger partial charge in [-0.15, -0.1) is 5.10 Å². The summed E-state index contributed by atoms with van der Waals surface area (Å²) in [4.78, 5) is 13.7. The second kappa shape index (κ2) is 7.10. The second-order valence-electron chi connectivity index (χ2n) is 6.14. The number of ether oxygens (including phenoxy) is 1. The molecule has 1 amide bonds. The van der Waals surface area contributed by atoms with Gasteiger partial charge in [0, 0.05) is 18.0 Å². The summed E-state index contributed by atoms with van der Waals surface area (Å²) in [6.45, 7) is -0.0181. The number of fused-ring (bicyclic) bond motifs is 1. The number of anilines is 1. The molecule has 2 aromatic heterocycles. The summed E-state index contributed by atoms with van der Waals surface area (Å²) in [5, 5.41) is 16.0. The molecule has 0 saturated carbocycles. The summed E-state index contributed by atoms with van der Waals surface area (Å²) in [5.41, 5.74) is 1.95. The molecule has 4 aromatic rings. The van der Waals surface area contributed by atoms with Crippen molar-refractivity contribution >= 4 is 22.6 Å². The van der Waals surface area contributed by atoms with Crippen LogP contribution in [-0.4, -0.2) is 37.8 Å². The Kier molecular flexibility index (Phi) is 4.48. The largest absolute Gasteiger partial charge is 0.494 e. The van der Waals surface area contributed by atoms with Crippen molar-refractivity contribution in [2.45, 2.75) is 6.54 Å². The number of aryl methyl sites for hydroxylation is 1. The molecular weight excluding hydrogens is 363 g/mol. The monoisotopic (exact) mass is 380 g/mol. The van der Waals surface area contributed by atoms with Crippen molar-refractivity contribution in [1.82, 2.24) is 24.8 Å². The van der Waals surface area contributed by atoms with Gasteiger partial charge in [-0.1, -0.05) is 18.2 Å². The summed E-state index contributed by atoms with van der Waals surface area (Å²) >= 11 is 0. The number of hydrogen-bond donors (Lipinski definition) is 1. The number of benzene rings is 2. The van der Waals surface area contributed by atoms with Gasteiger partial charge in [-0.25, -0.2) is 4.39 Å². The first-order valence-corrected chi connectivity index (χ1v) is 8.51. The number of halogens is 1. The zero-order chi connectivity index (χ0) is 19.7. The highest BCUT2D eigenvalue weighted by atomic mass is 19.1. The third kappa shape index (κ3) is 3.29.